The summed E-state index contributed by atoms with van der Waals surface area (Å²) in [6.07, 6.45) is 1.08. The molecule has 0 aliphatic carbocycles. The highest BCUT2D eigenvalue weighted by molar-refractivity contribution is 6.16. The molecule has 0 aliphatic heterocycles. The minimum atomic E-state index is -5.45. The van der Waals surface area contributed by atoms with Gasteiger partial charge >= 0.3 is 18.1 Å². The number of aliphatic carboxylic acids is 1. The minimum Gasteiger partial charge on any atom is -0.479 e. The lowest BCUT2D eigenvalue weighted by atomic mass is 9.83. The Bertz CT molecular complexity index is 1360. The third kappa shape index (κ3) is 7.49. The zero-order chi connectivity index (χ0) is 29.3. The van der Waals surface area contributed by atoms with E-state index in [-0.39, 0.29) is 18.4 Å². The topological polar surface area (TPSA) is 114 Å². The van der Waals surface area contributed by atoms with Crippen LogP contribution in [0.5, 0.6) is 0 Å². The lowest BCUT2D eigenvalue weighted by Crippen LogP contribution is -2.63. The summed E-state index contributed by atoms with van der Waals surface area (Å²) in [6, 6.07) is 11.3. The van der Waals surface area contributed by atoms with Crippen LogP contribution < -0.4 is 5.32 Å². The van der Waals surface area contributed by atoms with Crippen LogP contribution in [-0.2, 0) is 14.4 Å². The molecule has 1 heterocycles. The van der Waals surface area contributed by atoms with Crippen molar-refractivity contribution in [2.75, 3.05) is 0 Å². The molecule has 40 heavy (non-hydrogen) atoms. The Hall–Kier alpha value is -3.69. The van der Waals surface area contributed by atoms with Crippen molar-refractivity contribution < 1.29 is 41.9 Å². The maximum absolute atomic E-state index is 13.2. The third-order valence-corrected chi connectivity index (χ3v) is 7.06. The van der Waals surface area contributed by atoms with Gasteiger partial charge in [0.05, 0.1) is 6.42 Å². The van der Waals surface area contributed by atoms with Gasteiger partial charge in [0, 0.05) is 22.8 Å². The normalized spacial score (nSPS) is 13.3. The predicted octanol–water partition coefficient (Wildman–Crippen LogP) is 7.15. The van der Waals surface area contributed by atoms with Crippen molar-refractivity contribution >= 4 is 45.4 Å². The number of hydrogen-bond donors (Lipinski definition) is 2. The minimum absolute atomic E-state index is 0.0261. The van der Waals surface area contributed by atoms with E-state index in [9.17, 15) is 37.5 Å². The lowest BCUT2D eigenvalue weighted by molar-refractivity contribution is -0.178. The van der Waals surface area contributed by atoms with Crippen LogP contribution >= 0.6 is 0 Å². The van der Waals surface area contributed by atoms with Crippen molar-refractivity contribution in [2.24, 2.45) is 0 Å². The first-order valence-electron chi connectivity index (χ1n) is 13.6. The Morgan fingerprint density at radius 1 is 0.825 bits per heavy atom. The van der Waals surface area contributed by atoms with Crippen molar-refractivity contribution in [3.8, 4) is 0 Å². The van der Waals surface area contributed by atoms with Gasteiger partial charge in [-0.1, -0.05) is 76.5 Å². The van der Waals surface area contributed by atoms with Gasteiger partial charge in [0.2, 0.25) is 5.54 Å². The molecule has 0 fully saturated rings. The number of nitrogens with one attached hydrogen (secondary N) is 1. The zero-order valence-corrected chi connectivity index (χ0v) is 22.4. The molecular formula is C30H34F3NO6. The average molecular weight is 562 g/mol. The number of para-hydroxylation sites is 1. The molecule has 1 aromatic heterocycles. The van der Waals surface area contributed by atoms with Gasteiger partial charge in [-0.3, -0.25) is 14.4 Å². The van der Waals surface area contributed by atoms with Crippen LogP contribution in [0.3, 0.4) is 0 Å². The Kier molecular flexibility index (Phi) is 10.5. The molecule has 0 spiro atoms. The molecule has 3 aromatic rings. The van der Waals surface area contributed by atoms with Crippen molar-refractivity contribution in [1.29, 1.82) is 0 Å². The SMILES string of the molecule is CCCCCCCCCCCC(=O)[C@](CC(=O)c1ccc2oc3ccccc3c2c1)(NC(=O)C(F)(F)F)C(=O)O. The highest BCUT2D eigenvalue weighted by atomic mass is 19.4. The van der Waals surface area contributed by atoms with Gasteiger partial charge in [-0.15, -0.1) is 0 Å². The number of ketones is 2. The summed E-state index contributed by atoms with van der Waals surface area (Å²) in [4.78, 5) is 50.6. The number of unbranched alkanes of at least 4 members (excludes halogenated alkanes) is 8. The zero-order valence-electron chi connectivity index (χ0n) is 22.4. The Morgan fingerprint density at radius 3 is 2.05 bits per heavy atom. The molecule has 216 valence electrons. The van der Waals surface area contributed by atoms with E-state index in [1.807, 2.05) is 0 Å². The second-order valence-electron chi connectivity index (χ2n) is 10.1. The van der Waals surface area contributed by atoms with E-state index in [1.54, 1.807) is 24.3 Å². The van der Waals surface area contributed by atoms with Crippen LogP contribution in [0.1, 0.15) is 87.9 Å². The Labute approximate surface area is 230 Å². The van der Waals surface area contributed by atoms with Crippen LogP contribution in [0.25, 0.3) is 21.9 Å². The first kappa shape index (κ1) is 30.8. The number of alkyl halides is 3. The summed E-state index contributed by atoms with van der Waals surface area (Å²) in [6.45, 7) is 2.12. The smallest absolute Gasteiger partial charge is 0.471 e. The number of carbonyl (C=O) groups is 4. The number of fused-ring (bicyclic) bond motifs is 3. The molecule has 0 saturated heterocycles. The van der Waals surface area contributed by atoms with Crippen LogP contribution in [-0.4, -0.2) is 40.3 Å². The highest BCUT2D eigenvalue weighted by Crippen LogP contribution is 2.31. The first-order chi connectivity index (χ1) is 19.0. The van der Waals surface area contributed by atoms with Gasteiger partial charge in [-0.2, -0.15) is 13.2 Å². The van der Waals surface area contributed by atoms with Crippen molar-refractivity contribution in [2.45, 2.75) is 89.3 Å². The van der Waals surface area contributed by atoms with Crippen LogP contribution in [0.2, 0.25) is 0 Å². The number of rotatable bonds is 16. The number of Topliss-reactive ketones (excluding diaryl/α,β-unsaturated/α-hetero) is 2. The molecule has 1 amide bonds. The highest BCUT2D eigenvalue weighted by Gasteiger charge is 2.53. The lowest BCUT2D eigenvalue weighted by Gasteiger charge is -2.29. The van der Waals surface area contributed by atoms with E-state index in [0.717, 1.165) is 38.5 Å². The molecule has 0 aliphatic rings. The molecule has 1 atom stereocenters. The van der Waals surface area contributed by atoms with Crippen LogP contribution in [0, 0.1) is 0 Å². The number of furan rings is 1. The second-order valence-corrected chi connectivity index (χ2v) is 10.1. The number of benzene rings is 2. The van der Waals surface area contributed by atoms with E-state index < -0.39 is 41.6 Å². The van der Waals surface area contributed by atoms with E-state index in [4.69, 9.17) is 4.42 Å². The number of carbonyl (C=O) groups excluding carboxylic acids is 3. The van der Waals surface area contributed by atoms with Crippen LogP contribution in [0.4, 0.5) is 13.2 Å². The number of carboxylic acid groups (broad SMARTS) is 1. The van der Waals surface area contributed by atoms with E-state index in [1.165, 1.54) is 29.9 Å². The van der Waals surface area contributed by atoms with E-state index in [0.29, 0.717) is 28.4 Å². The fraction of sp³-hybridized carbons (Fsp3) is 0.467. The fourth-order valence-corrected chi connectivity index (χ4v) is 4.78. The maximum atomic E-state index is 13.2. The standard InChI is InChI=1S/C30H34F3NO6/c1-2-3-4-5-6-7-8-9-10-15-26(36)29(28(38)39,34-27(37)30(31,32)33)19-23(35)20-16-17-25-22(18-20)21-13-11-12-14-24(21)40-25/h11-14,16-18H,2-10,15,19H2,1H3,(H,34,37)(H,38,39)/t29-/m0/s1. The van der Waals surface area contributed by atoms with Gasteiger partial charge in [0.15, 0.2) is 11.6 Å². The molecule has 0 saturated carbocycles. The summed E-state index contributed by atoms with van der Waals surface area (Å²) in [5.41, 5.74) is -2.08. The average Bonchev–Trinajstić information content (AvgIpc) is 3.28. The summed E-state index contributed by atoms with van der Waals surface area (Å²) in [5.74, 6) is -6.67. The Balaban J connectivity index is 1.79. The van der Waals surface area contributed by atoms with Gasteiger partial charge in [0.25, 0.3) is 0 Å². The monoisotopic (exact) mass is 561 g/mol. The fourth-order valence-electron chi connectivity index (χ4n) is 4.78. The van der Waals surface area contributed by atoms with Gasteiger partial charge < -0.3 is 14.8 Å². The molecule has 0 unspecified atom stereocenters. The molecule has 10 heteroatoms. The molecule has 0 radical (unpaired) electrons. The van der Waals surface area contributed by atoms with Gasteiger partial charge in [-0.25, -0.2) is 4.79 Å². The maximum Gasteiger partial charge on any atom is 0.471 e. The van der Waals surface area contributed by atoms with Crippen molar-refractivity contribution in [1.82, 2.24) is 5.32 Å². The first-order valence-corrected chi connectivity index (χ1v) is 13.6. The molecule has 7 nitrogen and oxygen atoms in total. The summed E-state index contributed by atoms with van der Waals surface area (Å²) in [5, 5.41) is 12.5. The van der Waals surface area contributed by atoms with Gasteiger partial charge in [0.1, 0.15) is 11.2 Å². The largest absolute Gasteiger partial charge is 0.479 e. The third-order valence-electron chi connectivity index (χ3n) is 7.06. The number of hydrogen-bond acceptors (Lipinski definition) is 5. The van der Waals surface area contributed by atoms with Crippen LogP contribution in [0.15, 0.2) is 46.9 Å². The molecule has 3 rings (SSSR count). The molecule has 0 bridgehead atoms. The van der Waals surface area contributed by atoms with E-state index in [2.05, 4.69) is 6.92 Å². The van der Waals surface area contributed by atoms with Gasteiger partial charge in [-0.05, 0) is 30.7 Å². The molecule has 2 aromatic carbocycles. The number of amides is 1. The van der Waals surface area contributed by atoms with E-state index >= 15 is 0 Å². The summed E-state index contributed by atoms with van der Waals surface area (Å²) < 4.78 is 45.1. The second kappa shape index (κ2) is 13.6. The number of carboxylic acids is 1. The van der Waals surface area contributed by atoms with Crippen molar-refractivity contribution in [3.05, 3.63) is 48.0 Å². The predicted molar refractivity (Wildman–Crippen MR) is 144 cm³/mol. The Morgan fingerprint density at radius 2 is 1.43 bits per heavy atom. The summed E-state index contributed by atoms with van der Waals surface area (Å²) in [7, 11) is 0. The number of halogens is 3. The molecular weight excluding hydrogens is 527 g/mol. The summed E-state index contributed by atoms with van der Waals surface area (Å²) >= 11 is 0. The quantitative estimate of drug-likeness (QED) is 0.109. The van der Waals surface area contributed by atoms with Crippen molar-refractivity contribution in [3.63, 3.8) is 0 Å². The molecule has 2 N–H and O–H groups in total.